The van der Waals surface area contributed by atoms with Crippen molar-refractivity contribution in [3.05, 3.63) is 0 Å². The summed E-state index contributed by atoms with van der Waals surface area (Å²) in [5, 5.41) is 0. The second kappa shape index (κ2) is 2.46. The highest BCUT2D eigenvalue weighted by atomic mass is 15.4. The Morgan fingerprint density at radius 2 is 2.27 bits per heavy atom. The Balaban J connectivity index is 2.12. The second-order valence-electron chi connectivity index (χ2n) is 4.26. The lowest BCUT2D eigenvalue weighted by molar-refractivity contribution is -0.933. The van der Waals surface area contributed by atoms with Crippen LogP contribution >= 0.6 is 0 Å². The van der Waals surface area contributed by atoms with Gasteiger partial charge >= 0.3 is 0 Å². The molecule has 2 bridgehead atoms. The zero-order chi connectivity index (χ0) is 7.90. The van der Waals surface area contributed by atoms with Crippen molar-refractivity contribution in [1.82, 2.24) is 4.90 Å². The van der Waals surface area contributed by atoms with E-state index in [9.17, 15) is 0 Å². The summed E-state index contributed by atoms with van der Waals surface area (Å²) in [7, 11) is 2.42. The fourth-order valence-electron chi connectivity index (χ4n) is 2.49. The van der Waals surface area contributed by atoms with Crippen LogP contribution in [0.3, 0.4) is 0 Å². The van der Waals surface area contributed by atoms with Gasteiger partial charge in [0.2, 0.25) is 0 Å². The molecule has 2 nitrogen and oxygen atoms in total. The number of fused-ring (bicyclic) bond motifs is 2. The molecule has 0 aromatic carbocycles. The summed E-state index contributed by atoms with van der Waals surface area (Å²) >= 11 is 0. The lowest BCUT2D eigenvalue weighted by Crippen LogP contribution is -2.59. The van der Waals surface area contributed by atoms with E-state index in [-0.39, 0.29) is 0 Å². The first-order valence-electron chi connectivity index (χ1n) is 4.81. The van der Waals surface area contributed by atoms with Crippen molar-refractivity contribution in [2.75, 3.05) is 39.8 Å². The standard InChI is InChI=1S/C9H19N2/c1-3-11(2)7-6-10-5-4-9(11)8-10/h9H,3-8H2,1-2H3/q+1. The van der Waals surface area contributed by atoms with E-state index in [1.54, 1.807) is 0 Å². The number of likely N-dealkylation sites (N-methyl/N-ethyl adjacent to an activating group) is 1. The van der Waals surface area contributed by atoms with Crippen LogP contribution < -0.4 is 0 Å². The van der Waals surface area contributed by atoms with Gasteiger partial charge in [-0.25, -0.2) is 0 Å². The van der Waals surface area contributed by atoms with Crippen LogP contribution in [0.15, 0.2) is 0 Å². The van der Waals surface area contributed by atoms with E-state index in [1.807, 2.05) is 0 Å². The smallest absolute Gasteiger partial charge is 0.103 e. The molecule has 11 heavy (non-hydrogen) atoms. The molecule has 3 unspecified atom stereocenters. The monoisotopic (exact) mass is 155 g/mol. The molecule has 0 saturated carbocycles. The predicted molar refractivity (Wildman–Crippen MR) is 46.4 cm³/mol. The topological polar surface area (TPSA) is 3.24 Å². The van der Waals surface area contributed by atoms with Crippen molar-refractivity contribution in [3.8, 4) is 0 Å². The Labute approximate surface area is 69.4 Å². The molecule has 0 aliphatic carbocycles. The maximum atomic E-state index is 2.61. The van der Waals surface area contributed by atoms with Crippen molar-refractivity contribution >= 4 is 0 Å². The van der Waals surface area contributed by atoms with Crippen molar-refractivity contribution < 1.29 is 4.48 Å². The average Bonchev–Trinajstić information content (AvgIpc) is 2.44. The van der Waals surface area contributed by atoms with Gasteiger partial charge in [-0.3, -0.25) is 4.90 Å². The maximum absolute atomic E-state index is 2.61. The maximum Gasteiger partial charge on any atom is 0.103 e. The number of hydrogen-bond donors (Lipinski definition) is 0. The first kappa shape index (κ1) is 7.56. The van der Waals surface area contributed by atoms with Gasteiger partial charge in [0.15, 0.2) is 0 Å². The molecule has 0 radical (unpaired) electrons. The Bertz CT molecular complexity index is 158. The SMILES string of the molecule is CC[N+]1(C)CCN2CCC1C2. The van der Waals surface area contributed by atoms with E-state index < -0.39 is 0 Å². The number of quaternary nitrogens is 1. The molecule has 64 valence electrons. The zero-order valence-electron chi connectivity index (χ0n) is 7.71. The highest BCUT2D eigenvalue weighted by Gasteiger charge is 2.41. The molecule has 2 aliphatic heterocycles. The highest BCUT2D eigenvalue weighted by molar-refractivity contribution is 4.80. The lowest BCUT2D eigenvalue weighted by atomic mass is 10.1. The molecule has 2 fully saturated rings. The fourth-order valence-corrected chi connectivity index (χ4v) is 2.49. The molecule has 0 aromatic rings. The lowest BCUT2D eigenvalue weighted by Gasteiger charge is -2.42. The summed E-state index contributed by atoms with van der Waals surface area (Å²) in [4.78, 5) is 2.61. The summed E-state index contributed by atoms with van der Waals surface area (Å²) in [6.45, 7) is 9.08. The van der Waals surface area contributed by atoms with Crippen LogP contribution in [0.5, 0.6) is 0 Å². The van der Waals surface area contributed by atoms with Gasteiger partial charge in [0, 0.05) is 19.5 Å². The molecule has 2 aliphatic rings. The van der Waals surface area contributed by atoms with E-state index in [2.05, 4.69) is 18.9 Å². The van der Waals surface area contributed by atoms with Crippen LogP contribution in [-0.4, -0.2) is 55.2 Å². The van der Waals surface area contributed by atoms with Crippen molar-refractivity contribution in [3.63, 3.8) is 0 Å². The molecule has 2 heterocycles. The van der Waals surface area contributed by atoms with Gasteiger partial charge in [-0.05, 0) is 6.92 Å². The molecule has 0 amide bonds. The third-order valence-electron chi connectivity index (χ3n) is 3.78. The third kappa shape index (κ3) is 1.09. The molecule has 0 aromatic heterocycles. The van der Waals surface area contributed by atoms with Gasteiger partial charge < -0.3 is 4.48 Å². The minimum atomic E-state index is 0.953. The van der Waals surface area contributed by atoms with Gasteiger partial charge in [0.05, 0.1) is 26.7 Å². The first-order chi connectivity index (χ1) is 5.24. The summed E-state index contributed by atoms with van der Waals surface area (Å²) in [6, 6.07) is 0.953. The minimum Gasteiger partial charge on any atom is -0.322 e. The minimum absolute atomic E-state index is 0.953. The molecular weight excluding hydrogens is 136 g/mol. The zero-order valence-corrected chi connectivity index (χ0v) is 7.71. The fraction of sp³-hybridized carbons (Fsp3) is 1.00. The Kier molecular flexibility index (Phi) is 1.69. The van der Waals surface area contributed by atoms with Crippen molar-refractivity contribution in [2.24, 2.45) is 0 Å². The van der Waals surface area contributed by atoms with Crippen LogP contribution in [0, 0.1) is 0 Å². The predicted octanol–water partition coefficient (Wildman–Crippen LogP) is 0.541. The molecule has 2 saturated heterocycles. The van der Waals surface area contributed by atoms with Crippen molar-refractivity contribution in [1.29, 1.82) is 0 Å². The van der Waals surface area contributed by atoms with Gasteiger partial charge in [-0.1, -0.05) is 0 Å². The van der Waals surface area contributed by atoms with Gasteiger partial charge in [-0.15, -0.1) is 0 Å². The molecule has 3 atom stereocenters. The van der Waals surface area contributed by atoms with Crippen LogP contribution in [0.1, 0.15) is 13.3 Å². The van der Waals surface area contributed by atoms with E-state index in [0.717, 1.165) is 6.04 Å². The Morgan fingerprint density at radius 1 is 1.45 bits per heavy atom. The second-order valence-corrected chi connectivity index (χ2v) is 4.26. The number of hydrogen-bond acceptors (Lipinski definition) is 1. The number of rotatable bonds is 1. The van der Waals surface area contributed by atoms with Crippen LogP contribution in [0.25, 0.3) is 0 Å². The summed E-state index contributed by atoms with van der Waals surface area (Å²) in [5.74, 6) is 0. The highest BCUT2D eigenvalue weighted by Crippen LogP contribution is 2.25. The number of piperazine rings is 1. The van der Waals surface area contributed by atoms with Crippen LogP contribution in [0.2, 0.25) is 0 Å². The summed E-state index contributed by atoms with van der Waals surface area (Å²) in [5.41, 5.74) is 0. The van der Waals surface area contributed by atoms with Gasteiger partial charge in [0.1, 0.15) is 6.04 Å². The van der Waals surface area contributed by atoms with Crippen molar-refractivity contribution in [2.45, 2.75) is 19.4 Å². The molecule has 0 spiro atoms. The van der Waals surface area contributed by atoms with E-state index in [4.69, 9.17) is 0 Å². The van der Waals surface area contributed by atoms with Crippen LogP contribution in [0.4, 0.5) is 0 Å². The molecule has 0 N–H and O–H groups in total. The quantitative estimate of drug-likeness (QED) is 0.500. The van der Waals surface area contributed by atoms with E-state index in [0.29, 0.717) is 0 Å². The molecular formula is C9H19N2+. The van der Waals surface area contributed by atoms with Gasteiger partial charge in [0.25, 0.3) is 0 Å². The Hall–Kier alpha value is -0.0800. The summed E-state index contributed by atoms with van der Waals surface area (Å²) < 4.78 is 1.33. The third-order valence-corrected chi connectivity index (χ3v) is 3.78. The summed E-state index contributed by atoms with van der Waals surface area (Å²) in [6.07, 6.45) is 1.43. The molecule has 2 heteroatoms. The normalized spacial score (nSPS) is 49.6. The Morgan fingerprint density at radius 3 is 3.00 bits per heavy atom. The number of nitrogens with zero attached hydrogens (tertiary/aromatic N) is 2. The molecule has 2 rings (SSSR count). The van der Waals surface area contributed by atoms with Gasteiger partial charge in [-0.2, -0.15) is 0 Å². The largest absolute Gasteiger partial charge is 0.322 e. The van der Waals surface area contributed by atoms with Crippen LogP contribution in [-0.2, 0) is 0 Å². The first-order valence-corrected chi connectivity index (χ1v) is 4.81. The van der Waals surface area contributed by atoms with E-state index in [1.165, 1.54) is 43.6 Å². The van der Waals surface area contributed by atoms with E-state index >= 15 is 0 Å². The average molecular weight is 155 g/mol.